The Morgan fingerprint density at radius 2 is 1.48 bits per heavy atom. The van der Waals surface area contributed by atoms with Crippen LogP contribution < -0.4 is 0 Å². The molecular formula is C22H26O9. The van der Waals surface area contributed by atoms with Crippen molar-refractivity contribution in [2.75, 3.05) is 6.61 Å². The van der Waals surface area contributed by atoms with Crippen molar-refractivity contribution in [2.24, 2.45) is 0 Å². The van der Waals surface area contributed by atoms with Gasteiger partial charge in [0.15, 0.2) is 12.1 Å². The molecule has 2 aromatic rings. The molecule has 0 saturated heterocycles. The molecule has 0 heterocycles. The van der Waals surface area contributed by atoms with Crippen LogP contribution in [0.15, 0.2) is 54.6 Å². The molecule has 9 heteroatoms. The minimum absolute atomic E-state index is 0.0258. The second-order valence-electron chi connectivity index (χ2n) is 6.74. The zero-order chi connectivity index (χ0) is 23.6. The number of carboxylic acid groups (broad SMARTS) is 1. The first-order valence-electron chi connectivity index (χ1n) is 9.34. The van der Waals surface area contributed by atoms with Gasteiger partial charge in [-0.15, -0.1) is 0 Å². The smallest absolute Gasteiger partial charge is 0.310 e. The summed E-state index contributed by atoms with van der Waals surface area (Å²) in [7, 11) is 0. The van der Waals surface area contributed by atoms with E-state index in [-0.39, 0.29) is 12.1 Å². The van der Waals surface area contributed by atoms with Gasteiger partial charge in [-0.05, 0) is 18.6 Å². The molecule has 2 aromatic carbocycles. The van der Waals surface area contributed by atoms with Crippen LogP contribution in [0.2, 0.25) is 0 Å². The Hall–Kier alpha value is -2.95. The van der Waals surface area contributed by atoms with Crippen molar-refractivity contribution in [3.05, 3.63) is 71.3 Å². The zero-order valence-corrected chi connectivity index (χ0v) is 16.8. The first kappa shape index (κ1) is 26.1. The van der Waals surface area contributed by atoms with Crippen LogP contribution >= 0.6 is 0 Å². The molecule has 5 atom stereocenters. The third kappa shape index (κ3) is 7.67. The van der Waals surface area contributed by atoms with Crippen LogP contribution in [0.4, 0.5) is 0 Å². The lowest BCUT2D eigenvalue weighted by Crippen LogP contribution is -2.46. The summed E-state index contributed by atoms with van der Waals surface area (Å²) in [5, 5.41) is 52.5. The average Bonchev–Trinajstić information content (AvgIpc) is 2.81. The number of aliphatic hydroxyl groups is 5. The molecule has 168 valence electrons. The quantitative estimate of drug-likeness (QED) is 0.229. The highest BCUT2D eigenvalue weighted by Gasteiger charge is 2.29. The van der Waals surface area contributed by atoms with Crippen LogP contribution in [0.1, 0.15) is 34.3 Å². The molecule has 0 fully saturated rings. The van der Waals surface area contributed by atoms with Crippen molar-refractivity contribution >= 4 is 18.0 Å². The first-order chi connectivity index (χ1) is 14.6. The van der Waals surface area contributed by atoms with Crippen LogP contribution in [0.3, 0.4) is 0 Å². The Morgan fingerprint density at radius 1 is 0.903 bits per heavy atom. The monoisotopic (exact) mass is 434 g/mol. The highest BCUT2D eigenvalue weighted by Crippen LogP contribution is 2.18. The Labute approximate surface area is 178 Å². The number of carbonyl (C=O) groups is 3. The van der Waals surface area contributed by atoms with Crippen LogP contribution in [0.25, 0.3) is 0 Å². The summed E-state index contributed by atoms with van der Waals surface area (Å²) in [4.78, 5) is 33.1. The molecule has 0 aliphatic carbocycles. The van der Waals surface area contributed by atoms with Crippen molar-refractivity contribution < 1.29 is 45.0 Å². The third-order valence-corrected chi connectivity index (χ3v) is 4.48. The number of rotatable bonds is 9. The van der Waals surface area contributed by atoms with E-state index in [0.717, 1.165) is 0 Å². The molecule has 0 amide bonds. The number of hydrogen-bond donors (Lipinski definition) is 6. The summed E-state index contributed by atoms with van der Waals surface area (Å²) >= 11 is 0. The van der Waals surface area contributed by atoms with Crippen LogP contribution in [0.5, 0.6) is 0 Å². The van der Waals surface area contributed by atoms with Gasteiger partial charge in [0.1, 0.15) is 24.4 Å². The van der Waals surface area contributed by atoms with Crippen molar-refractivity contribution in [3.63, 3.8) is 0 Å². The standard InChI is InChI=1S/C16H14O3.C6H12O6/c1-11(16(18)19)13-8-5-9-14(10-13)15(17)12-6-3-2-4-7-12;7-1-3(9)5(11)6(12)4(10)2-8/h2-11H,1H3,(H,18,19);1,3-6,8-12H,2H2/t;3-,4+,5+,6+/m.0/s1. The zero-order valence-electron chi connectivity index (χ0n) is 16.8. The lowest BCUT2D eigenvalue weighted by molar-refractivity contribution is -0.138. The van der Waals surface area contributed by atoms with Crippen LogP contribution in [-0.4, -0.2) is 79.7 Å². The Balaban J connectivity index is 0.000000348. The van der Waals surface area contributed by atoms with E-state index in [9.17, 15) is 14.4 Å². The highest BCUT2D eigenvalue weighted by atomic mass is 16.4. The minimum Gasteiger partial charge on any atom is -0.481 e. The van der Waals surface area contributed by atoms with Crippen molar-refractivity contribution in [1.82, 2.24) is 0 Å². The summed E-state index contributed by atoms with van der Waals surface area (Å²) in [6.07, 6.45) is -6.84. The van der Waals surface area contributed by atoms with Gasteiger partial charge in [0.05, 0.1) is 12.5 Å². The van der Waals surface area contributed by atoms with Crippen molar-refractivity contribution in [2.45, 2.75) is 37.3 Å². The number of aliphatic carboxylic acids is 1. The van der Waals surface area contributed by atoms with Gasteiger partial charge >= 0.3 is 5.97 Å². The summed E-state index contributed by atoms with van der Waals surface area (Å²) in [6, 6.07) is 15.7. The van der Waals surface area contributed by atoms with E-state index in [1.165, 1.54) is 0 Å². The molecule has 1 unspecified atom stereocenters. The lowest BCUT2D eigenvalue weighted by atomic mass is 9.96. The van der Waals surface area contributed by atoms with E-state index >= 15 is 0 Å². The van der Waals surface area contributed by atoms with Gasteiger partial charge in [0.2, 0.25) is 0 Å². The first-order valence-corrected chi connectivity index (χ1v) is 9.34. The van der Waals surface area contributed by atoms with Crippen LogP contribution in [0, 0.1) is 0 Å². The molecule has 0 saturated carbocycles. The molecule has 2 rings (SSSR count). The average molecular weight is 434 g/mol. The van der Waals surface area contributed by atoms with Crippen LogP contribution in [-0.2, 0) is 9.59 Å². The molecule has 6 N–H and O–H groups in total. The molecule has 0 bridgehead atoms. The topological polar surface area (TPSA) is 173 Å². The fourth-order valence-corrected chi connectivity index (χ4v) is 2.47. The van der Waals surface area contributed by atoms with Gasteiger partial charge in [0.25, 0.3) is 0 Å². The molecule has 0 aromatic heterocycles. The van der Waals surface area contributed by atoms with E-state index in [1.54, 1.807) is 55.5 Å². The predicted molar refractivity (Wildman–Crippen MR) is 110 cm³/mol. The van der Waals surface area contributed by atoms with Crippen molar-refractivity contribution in [3.8, 4) is 0 Å². The molecular weight excluding hydrogens is 408 g/mol. The third-order valence-electron chi connectivity index (χ3n) is 4.48. The predicted octanol–water partition coefficient (Wildman–Crippen LogP) is -0.273. The lowest BCUT2D eigenvalue weighted by Gasteiger charge is -2.22. The van der Waals surface area contributed by atoms with Gasteiger partial charge in [0, 0.05) is 11.1 Å². The number of carbonyl (C=O) groups excluding carboxylic acids is 2. The number of benzene rings is 2. The maximum atomic E-state index is 12.2. The fraction of sp³-hybridized carbons (Fsp3) is 0.318. The van der Waals surface area contributed by atoms with E-state index in [0.29, 0.717) is 16.7 Å². The highest BCUT2D eigenvalue weighted by molar-refractivity contribution is 6.09. The fourth-order valence-electron chi connectivity index (χ4n) is 2.47. The second-order valence-corrected chi connectivity index (χ2v) is 6.74. The van der Waals surface area contributed by atoms with E-state index in [2.05, 4.69) is 0 Å². The summed E-state index contributed by atoms with van der Waals surface area (Å²) in [6.45, 7) is 0.845. The minimum atomic E-state index is -1.79. The Bertz CT molecular complexity index is 853. The molecule has 31 heavy (non-hydrogen) atoms. The Kier molecular flexibility index (Phi) is 10.7. The maximum Gasteiger partial charge on any atom is 0.310 e. The molecule has 9 nitrogen and oxygen atoms in total. The van der Waals surface area contributed by atoms with Gasteiger partial charge in [-0.2, -0.15) is 0 Å². The number of aldehydes is 1. The molecule has 0 aliphatic rings. The number of carboxylic acids is 1. The van der Waals surface area contributed by atoms with E-state index in [4.69, 9.17) is 30.6 Å². The maximum absolute atomic E-state index is 12.2. The molecule has 0 spiro atoms. The second kappa shape index (κ2) is 12.7. The largest absolute Gasteiger partial charge is 0.481 e. The Morgan fingerprint density at radius 3 is 2.00 bits per heavy atom. The van der Waals surface area contributed by atoms with Crippen molar-refractivity contribution in [1.29, 1.82) is 0 Å². The molecule has 0 aliphatic heterocycles. The number of aliphatic hydroxyl groups excluding tert-OH is 5. The SMILES string of the molecule is CC(C(=O)O)c1cccc(C(=O)c2ccccc2)c1.O=C[C@H](O)[C@@H](O)[C@H](O)[C@H](O)CO. The van der Waals surface area contributed by atoms with E-state index in [1.807, 2.05) is 6.07 Å². The summed E-state index contributed by atoms with van der Waals surface area (Å²) in [5.41, 5.74) is 1.74. The van der Waals surface area contributed by atoms with E-state index < -0.39 is 42.9 Å². The normalized spacial score (nSPS) is 15.4. The van der Waals surface area contributed by atoms with Gasteiger partial charge < -0.3 is 35.4 Å². The summed E-state index contributed by atoms with van der Waals surface area (Å²) < 4.78 is 0. The number of hydrogen-bond acceptors (Lipinski definition) is 8. The van der Waals surface area contributed by atoms with Gasteiger partial charge in [-0.25, -0.2) is 0 Å². The van der Waals surface area contributed by atoms with Gasteiger partial charge in [-0.3, -0.25) is 9.59 Å². The number of ketones is 1. The van der Waals surface area contributed by atoms with Gasteiger partial charge in [-0.1, -0.05) is 48.5 Å². The summed E-state index contributed by atoms with van der Waals surface area (Å²) in [5.74, 6) is -1.62. The molecule has 0 radical (unpaired) electrons.